The van der Waals surface area contributed by atoms with Gasteiger partial charge in [-0.15, -0.1) is 0 Å². The molecule has 3 amide bonds. The number of methoxy groups -OCH3 is 2. The molecule has 1 aliphatic carbocycles. The standard InChI is InChI=1S/C21H31N3O4/c1-4-23(16-8-6-5-7-9-16)21(26)22-15-12-20(25)24(14-15)17-10-11-18(27-2)19(13-17)28-3/h10-11,13,15-16H,4-9,12,14H2,1-3H3,(H,22,26)/t15-/m0/s1. The third-order valence-corrected chi connectivity index (χ3v) is 5.75. The fourth-order valence-electron chi connectivity index (χ4n) is 4.26. The van der Waals surface area contributed by atoms with Crippen LogP contribution >= 0.6 is 0 Å². The predicted octanol–water partition coefficient (Wildman–Crippen LogP) is 3.17. The van der Waals surface area contributed by atoms with Gasteiger partial charge in [-0.3, -0.25) is 4.79 Å². The Morgan fingerprint density at radius 2 is 1.89 bits per heavy atom. The van der Waals surface area contributed by atoms with Gasteiger partial charge in [-0.1, -0.05) is 19.3 Å². The van der Waals surface area contributed by atoms with E-state index >= 15 is 0 Å². The van der Waals surface area contributed by atoms with Crippen LogP contribution in [0.15, 0.2) is 18.2 Å². The predicted molar refractivity (Wildman–Crippen MR) is 108 cm³/mol. The van der Waals surface area contributed by atoms with Crippen LogP contribution in [0.5, 0.6) is 11.5 Å². The van der Waals surface area contributed by atoms with E-state index < -0.39 is 0 Å². The van der Waals surface area contributed by atoms with Gasteiger partial charge in [0.05, 0.1) is 20.3 Å². The molecule has 1 aromatic rings. The van der Waals surface area contributed by atoms with Crippen molar-refractivity contribution in [2.75, 3.05) is 32.2 Å². The van der Waals surface area contributed by atoms with Gasteiger partial charge < -0.3 is 24.6 Å². The Hall–Kier alpha value is -2.44. The highest BCUT2D eigenvalue weighted by Crippen LogP contribution is 2.33. The highest BCUT2D eigenvalue weighted by molar-refractivity contribution is 5.97. The first-order chi connectivity index (χ1) is 13.6. The zero-order valence-electron chi connectivity index (χ0n) is 17.1. The second-order valence-electron chi connectivity index (χ2n) is 7.47. The number of benzene rings is 1. The van der Waals surface area contributed by atoms with E-state index in [0.717, 1.165) is 18.5 Å². The van der Waals surface area contributed by atoms with Gasteiger partial charge >= 0.3 is 6.03 Å². The molecule has 7 heteroatoms. The number of hydrogen-bond donors (Lipinski definition) is 1. The molecule has 1 N–H and O–H groups in total. The molecule has 2 fully saturated rings. The number of hydrogen-bond acceptors (Lipinski definition) is 4. The maximum atomic E-state index is 12.8. The third kappa shape index (κ3) is 4.34. The topological polar surface area (TPSA) is 71.1 Å². The van der Waals surface area contributed by atoms with Crippen molar-refractivity contribution in [3.63, 3.8) is 0 Å². The zero-order chi connectivity index (χ0) is 20.1. The second kappa shape index (κ2) is 9.17. The molecule has 0 radical (unpaired) electrons. The number of urea groups is 1. The van der Waals surface area contributed by atoms with Crippen molar-refractivity contribution in [3.8, 4) is 11.5 Å². The molecule has 0 aromatic heterocycles. The molecule has 0 unspecified atom stereocenters. The first kappa shape index (κ1) is 20.3. The van der Waals surface area contributed by atoms with E-state index in [4.69, 9.17) is 9.47 Å². The van der Waals surface area contributed by atoms with E-state index in [1.807, 2.05) is 17.9 Å². The lowest BCUT2D eigenvalue weighted by Crippen LogP contribution is -2.50. The van der Waals surface area contributed by atoms with Crippen molar-refractivity contribution >= 4 is 17.6 Å². The first-order valence-electron chi connectivity index (χ1n) is 10.2. The van der Waals surface area contributed by atoms with Crippen molar-refractivity contribution in [1.29, 1.82) is 0 Å². The molecule has 1 aliphatic heterocycles. The van der Waals surface area contributed by atoms with E-state index in [1.54, 1.807) is 31.3 Å². The maximum Gasteiger partial charge on any atom is 0.317 e. The van der Waals surface area contributed by atoms with Gasteiger partial charge in [0.25, 0.3) is 0 Å². The number of ether oxygens (including phenoxy) is 2. The SMILES string of the molecule is CCN(C(=O)N[C@H]1CC(=O)N(c2ccc(OC)c(OC)c2)C1)C1CCCCC1. The normalized spacial score (nSPS) is 20.2. The van der Waals surface area contributed by atoms with Crippen LogP contribution in [0.2, 0.25) is 0 Å². The third-order valence-electron chi connectivity index (χ3n) is 5.75. The van der Waals surface area contributed by atoms with E-state index in [9.17, 15) is 9.59 Å². The lowest BCUT2D eigenvalue weighted by atomic mass is 9.94. The average Bonchev–Trinajstić information content (AvgIpc) is 3.08. The molecule has 1 heterocycles. The molecule has 0 spiro atoms. The Morgan fingerprint density at radius 3 is 2.54 bits per heavy atom. The molecule has 3 rings (SSSR count). The van der Waals surface area contributed by atoms with Crippen LogP contribution in [0.4, 0.5) is 10.5 Å². The Bertz CT molecular complexity index is 703. The van der Waals surface area contributed by atoms with Gasteiger partial charge in [0.2, 0.25) is 5.91 Å². The summed E-state index contributed by atoms with van der Waals surface area (Å²) in [7, 11) is 3.15. The zero-order valence-corrected chi connectivity index (χ0v) is 17.1. The first-order valence-corrected chi connectivity index (χ1v) is 10.2. The second-order valence-corrected chi connectivity index (χ2v) is 7.47. The smallest absolute Gasteiger partial charge is 0.317 e. The monoisotopic (exact) mass is 389 g/mol. The fourth-order valence-corrected chi connectivity index (χ4v) is 4.26. The molecule has 0 bridgehead atoms. The maximum absolute atomic E-state index is 12.8. The van der Waals surface area contributed by atoms with Crippen molar-refractivity contribution in [2.24, 2.45) is 0 Å². The Labute approximate surface area is 167 Å². The molecule has 2 aliphatic rings. The lowest BCUT2D eigenvalue weighted by molar-refractivity contribution is -0.117. The van der Waals surface area contributed by atoms with Gasteiger partial charge in [-0.2, -0.15) is 0 Å². The van der Waals surface area contributed by atoms with Crippen LogP contribution in [0.3, 0.4) is 0 Å². The summed E-state index contributed by atoms with van der Waals surface area (Å²) in [6.45, 7) is 3.17. The average molecular weight is 389 g/mol. The molecule has 1 saturated heterocycles. The number of amides is 3. The molecule has 28 heavy (non-hydrogen) atoms. The van der Waals surface area contributed by atoms with Crippen LogP contribution in [0.25, 0.3) is 0 Å². The number of nitrogens with one attached hydrogen (secondary N) is 1. The summed E-state index contributed by atoms with van der Waals surface area (Å²) in [5.41, 5.74) is 0.749. The highest BCUT2D eigenvalue weighted by Gasteiger charge is 2.34. The molecule has 1 atom stereocenters. The fraction of sp³-hybridized carbons (Fsp3) is 0.619. The highest BCUT2D eigenvalue weighted by atomic mass is 16.5. The van der Waals surface area contributed by atoms with Gasteiger partial charge in [0.15, 0.2) is 11.5 Å². The van der Waals surface area contributed by atoms with E-state index in [1.165, 1.54) is 19.3 Å². The molecule has 1 aromatic carbocycles. The molecule has 1 saturated carbocycles. The summed E-state index contributed by atoms with van der Waals surface area (Å²) in [6, 6.07) is 5.49. The summed E-state index contributed by atoms with van der Waals surface area (Å²) in [5, 5.41) is 3.08. The summed E-state index contributed by atoms with van der Waals surface area (Å²) in [6.07, 6.45) is 6.08. The minimum Gasteiger partial charge on any atom is -0.493 e. The summed E-state index contributed by atoms with van der Waals surface area (Å²) in [4.78, 5) is 29.0. The van der Waals surface area contributed by atoms with Crippen LogP contribution in [0.1, 0.15) is 45.4 Å². The largest absolute Gasteiger partial charge is 0.493 e. The van der Waals surface area contributed by atoms with Crippen molar-refractivity contribution in [1.82, 2.24) is 10.2 Å². The van der Waals surface area contributed by atoms with E-state index in [0.29, 0.717) is 37.1 Å². The molecule has 154 valence electrons. The van der Waals surface area contributed by atoms with Crippen molar-refractivity contribution in [3.05, 3.63) is 18.2 Å². The Kier molecular flexibility index (Phi) is 6.65. The van der Waals surface area contributed by atoms with Gasteiger partial charge in [0.1, 0.15) is 0 Å². The Balaban J connectivity index is 1.64. The molecular weight excluding hydrogens is 358 g/mol. The van der Waals surface area contributed by atoms with Crippen molar-refractivity contribution < 1.29 is 19.1 Å². The molecule has 7 nitrogen and oxygen atoms in total. The van der Waals surface area contributed by atoms with Gasteiger partial charge in [-0.25, -0.2) is 4.79 Å². The number of carbonyl (C=O) groups is 2. The van der Waals surface area contributed by atoms with Crippen molar-refractivity contribution in [2.45, 2.75) is 57.5 Å². The summed E-state index contributed by atoms with van der Waals surface area (Å²) < 4.78 is 10.6. The van der Waals surface area contributed by atoms with Gasteiger partial charge in [0, 0.05) is 37.3 Å². The number of rotatable bonds is 6. The van der Waals surface area contributed by atoms with Crippen LogP contribution < -0.4 is 19.7 Å². The van der Waals surface area contributed by atoms with E-state index in [2.05, 4.69) is 5.32 Å². The van der Waals surface area contributed by atoms with Gasteiger partial charge in [-0.05, 0) is 31.9 Å². The van der Waals surface area contributed by atoms with Crippen LogP contribution in [0, 0.1) is 0 Å². The molecular formula is C21H31N3O4. The van der Waals surface area contributed by atoms with E-state index in [-0.39, 0.29) is 18.0 Å². The minimum atomic E-state index is -0.189. The summed E-state index contributed by atoms with van der Waals surface area (Å²) in [5.74, 6) is 1.20. The van der Waals surface area contributed by atoms with Crippen LogP contribution in [-0.4, -0.2) is 56.2 Å². The number of carbonyl (C=O) groups excluding carboxylic acids is 2. The minimum absolute atomic E-state index is 0.00163. The number of nitrogens with zero attached hydrogens (tertiary/aromatic N) is 2. The lowest BCUT2D eigenvalue weighted by Gasteiger charge is -2.34. The summed E-state index contributed by atoms with van der Waals surface area (Å²) >= 11 is 0. The number of anilines is 1. The Morgan fingerprint density at radius 1 is 1.18 bits per heavy atom. The quantitative estimate of drug-likeness (QED) is 0.811. The van der Waals surface area contributed by atoms with Crippen LogP contribution in [-0.2, 0) is 4.79 Å².